The lowest BCUT2D eigenvalue weighted by Crippen LogP contribution is -2.22. The molecule has 0 saturated carbocycles. The highest BCUT2D eigenvalue weighted by Crippen LogP contribution is 2.32. The molecule has 6 nitrogen and oxygen atoms in total. The Labute approximate surface area is 170 Å². The second-order valence-electron chi connectivity index (χ2n) is 6.30. The zero-order chi connectivity index (χ0) is 19.7. The molecule has 28 heavy (non-hydrogen) atoms. The fraction of sp³-hybridized carbons (Fsp3) is 0.200. The Bertz CT molecular complexity index is 1210. The first kappa shape index (κ1) is 18.6. The number of thiophene rings is 1. The Morgan fingerprint density at radius 1 is 1.25 bits per heavy atom. The summed E-state index contributed by atoms with van der Waals surface area (Å²) in [5.74, 6) is 1.48. The van der Waals surface area contributed by atoms with Gasteiger partial charge in [0, 0.05) is 24.4 Å². The SMILES string of the molecule is C=CCn1c(SCc2nnc(C)o2)nc2scc(-c3ccc(C)cc3)c2c1=O. The van der Waals surface area contributed by atoms with E-state index in [4.69, 9.17) is 9.40 Å². The van der Waals surface area contributed by atoms with Crippen molar-refractivity contribution in [1.82, 2.24) is 19.7 Å². The van der Waals surface area contributed by atoms with Gasteiger partial charge in [0.05, 0.1) is 11.1 Å². The summed E-state index contributed by atoms with van der Waals surface area (Å²) in [4.78, 5) is 18.8. The van der Waals surface area contributed by atoms with E-state index in [0.29, 0.717) is 34.6 Å². The summed E-state index contributed by atoms with van der Waals surface area (Å²) in [5, 5.41) is 11.1. The molecule has 0 spiro atoms. The Hall–Kier alpha value is -2.71. The van der Waals surface area contributed by atoms with Crippen LogP contribution < -0.4 is 5.56 Å². The van der Waals surface area contributed by atoms with Gasteiger partial charge in [-0.15, -0.1) is 28.1 Å². The first-order valence-corrected chi connectivity index (χ1v) is 10.5. The maximum Gasteiger partial charge on any atom is 0.263 e. The van der Waals surface area contributed by atoms with Crippen LogP contribution in [0.4, 0.5) is 0 Å². The topological polar surface area (TPSA) is 73.8 Å². The van der Waals surface area contributed by atoms with E-state index in [1.165, 1.54) is 28.7 Å². The van der Waals surface area contributed by atoms with Gasteiger partial charge >= 0.3 is 0 Å². The molecule has 4 aromatic rings. The molecule has 0 atom stereocenters. The van der Waals surface area contributed by atoms with Gasteiger partial charge in [-0.3, -0.25) is 9.36 Å². The van der Waals surface area contributed by atoms with Gasteiger partial charge in [-0.25, -0.2) is 4.98 Å². The number of rotatable bonds is 6. The molecule has 0 aliphatic rings. The van der Waals surface area contributed by atoms with E-state index < -0.39 is 0 Å². The minimum atomic E-state index is -0.0639. The van der Waals surface area contributed by atoms with Crippen LogP contribution in [-0.4, -0.2) is 19.7 Å². The molecule has 0 fully saturated rings. The lowest BCUT2D eigenvalue weighted by atomic mass is 10.1. The van der Waals surface area contributed by atoms with Gasteiger partial charge in [0.25, 0.3) is 5.56 Å². The fourth-order valence-corrected chi connectivity index (χ4v) is 4.71. The molecule has 4 rings (SSSR count). The van der Waals surface area contributed by atoms with Crippen LogP contribution in [0.5, 0.6) is 0 Å². The standard InChI is InChI=1S/C20H18N4O2S2/c1-4-9-24-19(25)17-15(14-7-5-12(2)6-8-14)10-27-18(17)21-20(24)28-11-16-23-22-13(3)26-16/h4-8,10H,1,9,11H2,2-3H3. The summed E-state index contributed by atoms with van der Waals surface area (Å²) in [6.45, 7) is 7.96. The molecule has 0 bridgehead atoms. The predicted octanol–water partition coefficient (Wildman–Crippen LogP) is 4.60. The normalized spacial score (nSPS) is 11.2. The first-order chi connectivity index (χ1) is 13.6. The van der Waals surface area contributed by atoms with Crippen molar-refractivity contribution < 1.29 is 4.42 Å². The largest absolute Gasteiger partial charge is 0.425 e. The van der Waals surface area contributed by atoms with Crippen molar-refractivity contribution >= 4 is 33.3 Å². The Morgan fingerprint density at radius 3 is 2.71 bits per heavy atom. The molecule has 0 radical (unpaired) electrons. The second kappa shape index (κ2) is 7.73. The minimum Gasteiger partial charge on any atom is -0.425 e. The van der Waals surface area contributed by atoms with Crippen LogP contribution in [-0.2, 0) is 12.3 Å². The molecule has 142 valence electrons. The molecule has 0 unspecified atom stereocenters. The Kier molecular flexibility index (Phi) is 5.15. The maximum atomic E-state index is 13.3. The zero-order valence-electron chi connectivity index (χ0n) is 15.5. The Morgan fingerprint density at radius 2 is 2.04 bits per heavy atom. The summed E-state index contributed by atoms with van der Waals surface area (Å²) in [5.41, 5.74) is 3.05. The van der Waals surface area contributed by atoms with Crippen LogP contribution in [0.15, 0.2) is 56.7 Å². The van der Waals surface area contributed by atoms with E-state index in [9.17, 15) is 4.79 Å². The first-order valence-electron chi connectivity index (χ1n) is 8.68. The number of nitrogens with zero attached hydrogens (tertiary/aromatic N) is 4. The van der Waals surface area contributed by atoms with Gasteiger partial charge in [-0.1, -0.05) is 47.7 Å². The summed E-state index contributed by atoms with van der Waals surface area (Å²) in [6, 6.07) is 8.17. The summed E-state index contributed by atoms with van der Waals surface area (Å²) < 4.78 is 7.07. The average molecular weight is 411 g/mol. The number of hydrogen-bond donors (Lipinski definition) is 0. The molecular formula is C20H18N4O2S2. The molecular weight excluding hydrogens is 392 g/mol. The average Bonchev–Trinajstić information content (AvgIpc) is 3.29. The van der Waals surface area contributed by atoms with Crippen LogP contribution in [0.2, 0.25) is 0 Å². The number of aryl methyl sites for hydroxylation is 2. The molecule has 3 aromatic heterocycles. The molecule has 0 N–H and O–H groups in total. The number of benzene rings is 1. The zero-order valence-corrected chi connectivity index (χ0v) is 17.1. The number of thioether (sulfide) groups is 1. The van der Waals surface area contributed by atoms with Crippen LogP contribution in [0.1, 0.15) is 17.3 Å². The molecule has 0 saturated heterocycles. The van der Waals surface area contributed by atoms with E-state index >= 15 is 0 Å². The van der Waals surface area contributed by atoms with E-state index in [1.807, 2.05) is 36.6 Å². The van der Waals surface area contributed by atoms with Gasteiger partial charge in [0.2, 0.25) is 11.8 Å². The van der Waals surface area contributed by atoms with Gasteiger partial charge in [-0.05, 0) is 12.5 Å². The van der Waals surface area contributed by atoms with Crippen molar-refractivity contribution in [3.63, 3.8) is 0 Å². The highest BCUT2D eigenvalue weighted by atomic mass is 32.2. The van der Waals surface area contributed by atoms with E-state index in [0.717, 1.165) is 16.0 Å². The van der Waals surface area contributed by atoms with Crippen LogP contribution >= 0.6 is 23.1 Å². The van der Waals surface area contributed by atoms with Gasteiger partial charge in [0.15, 0.2) is 5.16 Å². The van der Waals surface area contributed by atoms with Crippen molar-refractivity contribution in [2.45, 2.75) is 31.3 Å². The maximum absolute atomic E-state index is 13.3. The van der Waals surface area contributed by atoms with Crippen molar-refractivity contribution in [3.05, 3.63) is 70.0 Å². The summed E-state index contributed by atoms with van der Waals surface area (Å²) >= 11 is 2.88. The van der Waals surface area contributed by atoms with Crippen LogP contribution in [0.25, 0.3) is 21.3 Å². The second-order valence-corrected chi connectivity index (χ2v) is 8.10. The third-order valence-corrected chi connectivity index (χ3v) is 6.06. The van der Waals surface area contributed by atoms with E-state index in [1.54, 1.807) is 17.6 Å². The van der Waals surface area contributed by atoms with Crippen molar-refractivity contribution in [1.29, 1.82) is 0 Å². The van der Waals surface area contributed by atoms with E-state index in [-0.39, 0.29) is 5.56 Å². The van der Waals surface area contributed by atoms with Crippen LogP contribution in [0.3, 0.4) is 0 Å². The highest BCUT2D eigenvalue weighted by Gasteiger charge is 2.17. The summed E-state index contributed by atoms with van der Waals surface area (Å²) in [6.07, 6.45) is 1.70. The Balaban J connectivity index is 1.79. The number of hydrogen-bond acceptors (Lipinski definition) is 7. The molecule has 1 aromatic carbocycles. The smallest absolute Gasteiger partial charge is 0.263 e. The molecule has 0 aliphatic heterocycles. The van der Waals surface area contributed by atoms with Gasteiger partial charge < -0.3 is 4.42 Å². The lowest BCUT2D eigenvalue weighted by Gasteiger charge is -2.10. The van der Waals surface area contributed by atoms with Crippen molar-refractivity contribution in [2.24, 2.45) is 0 Å². The summed E-state index contributed by atoms with van der Waals surface area (Å²) in [7, 11) is 0. The van der Waals surface area contributed by atoms with E-state index in [2.05, 4.69) is 16.8 Å². The lowest BCUT2D eigenvalue weighted by molar-refractivity contribution is 0.485. The quantitative estimate of drug-likeness (QED) is 0.263. The number of fused-ring (bicyclic) bond motifs is 1. The van der Waals surface area contributed by atoms with Gasteiger partial charge in [-0.2, -0.15) is 0 Å². The van der Waals surface area contributed by atoms with Gasteiger partial charge in [0.1, 0.15) is 4.83 Å². The van der Waals surface area contributed by atoms with Crippen molar-refractivity contribution in [2.75, 3.05) is 0 Å². The molecule has 0 aliphatic carbocycles. The highest BCUT2D eigenvalue weighted by molar-refractivity contribution is 7.98. The predicted molar refractivity (Wildman–Crippen MR) is 113 cm³/mol. The third kappa shape index (κ3) is 3.53. The monoisotopic (exact) mass is 410 g/mol. The third-order valence-electron chi connectivity index (χ3n) is 4.23. The molecule has 3 heterocycles. The van der Waals surface area contributed by atoms with Crippen LogP contribution in [0, 0.1) is 13.8 Å². The van der Waals surface area contributed by atoms with Crippen molar-refractivity contribution in [3.8, 4) is 11.1 Å². The molecule has 0 amide bonds. The number of aromatic nitrogens is 4. The minimum absolute atomic E-state index is 0.0639. The molecule has 8 heteroatoms. The fourth-order valence-electron chi connectivity index (χ4n) is 2.87. The number of allylic oxidation sites excluding steroid dienone is 1.